The van der Waals surface area contributed by atoms with E-state index in [0.29, 0.717) is 24.4 Å². The lowest BCUT2D eigenvalue weighted by Gasteiger charge is -2.26. The number of carbonyl (C=O) groups excluding carboxylic acids is 2. The third kappa shape index (κ3) is 9.03. The van der Waals surface area contributed by atoms with Crippen molar-refractivity contribution in [2.45, 2.75) is 72.6 Å². The number of ether oxygens (including phenoxy) is 2. The third-order valence-electron chi connectivity index (χ3n) is 6.99. The smallest absolute Gasteiger partial charge is 0.160 e. The molecule has 0 saturated carbocycles. The molecule has 0 bridgehead atoms. The van der Waals surface area contributed by atoms with Crippen molar-refractivity contribution in [2.75, 3.05) is 13.2 Å². The first kappa shape index (κ1) is 30.1. The molecule has 0 spiro atoms. The highest BCUT2D eigenvalue weighted by Gasteiger charge is 2.23. The highest BCUT2D eigenvalue weighted by molar-refractivity contribution is 5.96. The van der Waals surface area contributed by atoms with Gasteiger partial charge in [-0.3, -0.25) is 9.59 Å². The Morgan fingerprint density at radius 1 is 0.703 bits per heavy atom. The maximum Gasteiger partial charge on any atom is 0.160 e. The fourth-order valence-electron chi connectivity index (χ4n) is 4.36. The van der Waals surface area contributed by atoms with Crippen LogP contribution in [0.1, 0.15) is 78.4 Å². The standard InChI is InChI=1S/C33H44O4/c1-23(2)31(34)25(5)11-9-21-36-29-17-13-27(14-18-29)33(7,8)28-15-19-30(20-16-28)37-22-10-12-26(6)32(35)24(3)4/h13-20,25-26H,1,3,9-12,21-22H2,2,4-8H3. The molecule has 0 radical (unpaired) electrons. The Morgan fingerprint density at radius 3 is 1.32 bits per heavy atom. The average molecular weight is 505 g/mol. The lowest BCUT2D eigenvalue weighted by Crippen LogP contribution is -2.18. The first-order chi connectivity index (χ1) is 17.4. The van der Waals surface area contributed by atoms with Crippen molar-refractivity contribution >= 4 is 11.6 Å². The van der Waals surface area contributed by atoms with Gasteiger partial charge in [0.1, 0.15) is 11.5 Å². The van der Waals surface area contributed by atoms with Crippen molar-refractivity contribution < 1.29 is 19.1 Å². The first-order valence-corrected chi connectivity index (χ1v) is 13.3. The Balaban J connectivity index is 1.84. The highest BCUT2D eigenvalue weighted by atomic mass is 16.5. The summed E-state index contributed by atoms with van der Waals surface area (Å²) in [5.74, 6) is 1.91. The summed E-state index contributed by atoms with van der Waals surface area (Å²) in [6.45, 7) is 20.5. The minimum atomic E-state index is -0.173. The van der Waals surface area contributed by atoms with E-state index in [-0.39, 0.29) is 28.8 Å². The molecule has 0 heterocycles. The summed E-state index contributed by atoms with van der Waals surface area (Å²) in [5.41, 5.74) is 3.46. The second-order valence-electron chi connectivity index (χ2n) is 10.7. The molecule has 2 aromatic carbocycles. The summed E-state index contributed by atoms with van der Waals surface area (Å²) in [5, 5.41) is 0. The number of hydrogen-bond donors (Lipinski definition) is 0. The van der Waals surface area contributed by atoms with Crippen LogP contribution in [-0.4, -0.2) is 24.8 Å². The number of ketones is 2. The molecule has 4 heteroatoms. The molecule has 0 aromatic heterocycles. The normalized spacial score (nSPS) is 12.9. The van der Waals surface area contributed by atoms with Crippen LogP contribution in [-0.2, 0) is 15.0 Å². The Kier molecular flexibility index (Phi) is 11.4. The minimum Gasteiger partial charge on any atom is -0.494 e. The van der Waals surface area contributed by atoms with E-state index in [1.54, 1.807) is 13.8 Å². The van der Waals surface area contributed by atoms with Gasteiger partial charge in [-0.15, -0.1) is 0 Å². The second-order valence-corrected chi connectivity index (χ2v) is 10.7. The Morgan fingerprint density at radius 2 is 1.03 bits per heavy atom. The number of Topliss-reactive ketones (excluding diaryl/α,β-unsaturated/α-hetero) is 2. The maximum absolute atomic E-state index is 11.9. The third-order valence-corrected chi connectivity index (χ3v) is 6.99. The quantitative estimate of drug-likeness (QED) is 0.172. The van der Waals surface area contributed by atoms with E-state index in [1.165, 1.54) is 11.1 Å². The van der Waals surface area contributed by atoms with Crippen LogP contribution in [0.4, 0.5) is 0 Å². The van der Waals surface area contributed by atoms with Crippen molar-refractivity contribution in [3.8, 4) is 11.5 Å². The average Bonchev–Trinajstić information content (AvgIpc) is 2.88. The van der Waals surface area contributed by atoms with E-state index in [2.05, 4.69) is 51.3 Å². The predicted octanol–water partition coefficient (Wildman–Crippen LogP) is 7.89. The fraction of sp³-hybridized carbons (Fsp3) is 0.455. The van der Waals surface area contributed by atoms with E-state index >= 15 is 0 Å². The van der Waals surface area contributed by atoms with E-state index < -0.39 is 0 Å². The highest BCUT2D eigenvalue weighted by Crippen LogP contribution is 2.33. The Labute approximate surface area is 223 Å². The van der Waals surface area contributed by atoms with Crippen LogP contribution < -0.4 is 9.47 Å². The fourth-order valence-corrected chi connectivity index (χ4v) is 4.36. The molecule has 2 atom stereocenters. The number of rotatable bonds is 16. The zero-order valence-corrected chi connectivity index (χ0v) is 23.6. The molecule has 0 aliphatic carbocycles. The summed E-state index contributed by atoms with van der Waals surface area (Å²) in [6.07, 6.45) is 3.25. The molecule has 2 aromatic rings. The molecule has 0 saturated heterocycles. The first-order valence-electron chi connectivity index (χ1n) is 13.3. The maximum atomic E-state index is 11.9. The van der Waals surface area contributed by atoms with Crippen LogP contribution in [0.15, 0.2) is 72.8 Å². The van der Waals surface area contributed by atoms with Crippen LogP contribution in [0.2, 0.25) is 0 Å². The van der Waals surface area contributed by atoms with Gasteiger partial charge in [0.15, 0.2) is 11.6 Å². The van der Waals surface area contributed by atoms with E-state index in [9.17, 15) is 9.59 Å². The van der Waals surface area contributed by atoms with Crippen molar-refractivity contribution in [1.82, 2.24) is 0 Å². The number of hydrogen-bond acceptors (Lipinski definition) is 4. The molecule has 0 fully saturated rings. The van der Waals surface area contributed by atoms with Crippen molar-refractivity contribution in [1.29, 1.82) is 0 Å². The van der Waals surface area contributed by atoms with Gasteiger partial charge in [0.05, 0.1) is 13.2 Å². The monoisotopic (exact) mass is 504 g/mol. The molecule has 0 N–H and O–H groups in total. The van der Waals surface area contributed by atoms with Crippen molar-refractivity contribution in [3.63, 3.8) is 0 Å². The van der Waals surface area contributed by atoms with Gasteiger partial charge in [-0.25, -0.2) is 0 Å². The van der Waals surface area contributed by atoms with Gasteiger partial charge in [0.25, 0.3) is 0 Å². The van der Waals surface area contributed by atoms with E-state index in [0.717, 1.165) is 37.2 Å². The zero-order chi connectivity index (χ0) is 27.6. The zero-order valence-electron chi connectivity index (χ0n) is 23.6. The molecular formula is C33H44O4. The van der Waals surface area contributed by atoms with Gasteiger partial charge < -0.3 is 9.47 Å². The number of carbonyl (C=O) groups is 2. The SMILES string of the molecule is C=C(C)C(=O)C(C)CCCOc1ccc(C(C)(C)c2ccc(OCCCC(C)C(=O)C(=C)C)cc2)cc1. The topological polar surface area (TPSA) is 52.6 Å². The van der Waals surface area contributed by atoms with Crippen LogP contribution in [0, 0.1) is 11.8 Å². The molecule has 0 aliphatic rings. The van der Waals surface area contributed by atoms with E-state index in [4.69, 9.17) is 9.47 Å². The summed E-state index contributed by atoms with van der Waals surface area (Å²) in [7, 11) is 0. The van der Waals surface area contributed by atoms with Crippen LogP contribution in [0.25, 0.3) is 0 Å². The molecule has 2 unspecified atom stereocenters. The van der Waals surface area contributed by atoms with Crippen LogP contribution in [0.5, 0.6) is 11.5 Å². The van der Waals surface area contributed by atoms with Gasteiger partial charge in [-0.2, -0.15) is 0 Å². The molecule has 0 aliphatic heterocycles. The van der Waals surface area contributed by atoms with Gasteiger partial charge in [-0.1, -0.05) is 65.1 Å². The molecule has 200 valence electrons. The lowest BCUT2D eigenvalue weighted by atomic mass is 9.78. The summed E-state index contributed by atoms with van der Waals surface area (Å²) < 4.78 is 11.8. The Bertz CT molecular complexity index is 975. The van der Waals surface area contributed by atoms with Gasteiger partial charge in [0.2, 0.25) is 0 Å². The largest absolute Gasteiger partial charge is 0.494 e. The minimum absolute atomic E-state index is 0.0119. The molecule has 4 nitrogen and oxygen atoms in total. The molecule has 0 amide bonds. The predicted molar refractivity (Wildman–Crippen MR) is 152 cm³/mol. The van der Waals surface area contributed by atoms with Crippen molar-refractivity contribution in [3.05, 3.63) is 84.0 Å². The van der Waals surface area contributed by atoms with Gasteiger partial charge in [0, 0.05) is 17.3 Å². The Hall–Kier alpha value is -3.14. The van der Waals surface area contributed by atoms with Crippen LogP contribution in [0.3, 0.4) is 0 Å². The molecular weight excluding hydrogens is 460 g/mol. The van der Waals surface area contributed by atoms with Crippen LogP contribution >= 0.6 is 0 Å². The van der Waals surface area contributed by atoms with E-state index in [1.807, 2.05) is 38.1 Å². The second kappa shape index (κ2) is 14.0. The summed E-state index contributed by atoms with van der Waals surface area (Å²) in [6, 6.07) is 16.5. The molecule has 37 heavy (non-hydrogen) atoms. The van der Waals surface area contributed by atoms with Crippen molar-refractivity contribution in [2.24, 2.45) is 11.8 Å². The number of allylic oxidation sites excluding steroid dienone is 2. The van der Waals surface area contributed by atoms with Gasteiger partial charge in [-0.05, 0) is 86.1 Å². The lowest BCUT2D eigenvalue weighted by molar-refractivity contribution is -0.119. The summed E-state index contributed by atoms with van der Waals surface area (Å²) >= 11 is 0. The number of benzene rings is 2. The summed E-state index contributed by atoms with van der Waals surface area (Å²) in [4.78, 5) is 23.9. The molecule has 2 rings (SSSR count). The van der Waals surface area contributed by atoms with Gasteiger partial charge >= 0.3 is 0 Å².